The molecule has 0 aromatic carbocycles. The highest BCUT2D eigenvalue weighted by Crippen LogP contribution is 2.29. The molecule has 0 aliphatic carbocycles. The smallest absolute Gasteiger partial charge is 0.264 e. The van der Waals surface area contributed by atoms with E-state index in [4.69, 9.17) is 9.17 Å². The van der Waals surface area contributed by atoms with Gasteiger partial charge in [0.1, 0.15) is 11.5 Å². The summed E-state index contributed by atoms with van der Waals surface area (Å²) in [5.41, 5.74) is 2.44. The number of fused-ring (bicyclic) bond motifs is 3. The van der Waals surface area contributed by atoms with Crippen molar-refractivity contribution in [3.63, 3.8) is 0 Å². The maximum absolute atomic E-state index is 12.7. The number of carbonyl (C=O) groups is 1. The van der Waals surface area contributed by atoms with Gasteiger partial charge in [0.15, 0.2) is 0 Å². The Morgan fingerprint density at radius 1 is 1.26 bits per heavy atom. The first-order valence-electron chi connectivity index (χ1n) is 9.30. The first kappa shape index (κ1) is 18.2. The molecule has 8 nitrogen and oxygen atoms in total. The van der Waals surface area contributed by atoms with Crippen LogP contribution < -0.4 is 4.90 Å². The summed E-state index contributed by atoms with van der Waals surface area (Å²) in [6.45, 7) is 4.80. The maximum Gasteiger partial charge on any atom is 0.264 e. The van der Waals surface area contributed by atoms with Gasteiger partial charge >= 0.3 is 0 Å². The van der Waals surface area contributed by atoms with Gasteiger partial charge in [-0.25, -0.2) is 4.98 Å². The Morgan fingerprint density at radius 3 is 2.67 bits per heavy atom. The molecule has 1 fully saturated rings. The summed E-state index contributed by atoms with van der Waals surface area (Å²) in [6.07, 6.45) is 2.91. The van der Waals surface area contributed by atoms with E-state index in [0.717, 1.165) is 47.3 Å². The van der Waals surface area contributed by atoms with E-state index in [9.17, 15) is 13.2 Å². The van der Waals surface area contributed by atoms with Crippen LogP contribution in [-0.2, 0) is 20.7 Å². The lowest BCUT2D eigenvalue weighted by Crippen LogP contribution is -2.38. The molecule has 0 unspecified atom stereocenters. The Hall–Kier alpha value is -2.13. The zero-order chi connectivity index (χ0) is 19.2. The van der Waals surface area contributed by atoms with Crippen molar-refractivity contribution in [2.45, 2.75) is 32.3 Å². The zero-order valence-corrected chi connectivity index (χ0v) is 16.4. The summed E-state index contributed by atoms with van der Waals surface area (Å²) in [4.78, 5) is 24.7. The SMILES string of the molecule is CCN1CCc2[nH]c3nc(N4CCC(OS(C)(=O)=O)CC4)ccc3c2C1=O. The highest BCUT2D eigenvalue weighted by molar-refractivity contribution is 7.86. The lowest BCUT2D eigenvalue weighted by Gasteiger charge is -2.32. The van der Waals surface area contributed by atoms with Gasteiger partial charge in [-0.1, -0.05) is 0 Å². The molecule has 1 saturated heterocycles. The molecule has 1 N–H and O–H groups in total. The molecule has 2 aliphatic rings. The summed E-state index contributed by atoms with van der Waals surface area (Å²) in [6, 6.07) is 3.90. The average Bonchev–Trinajstić information content (AvgIpc) is 2.99. The van der Waals surface area contributed by atoms with Gasteiger partial charge in [0, 0.05) is 43.7 Å². The van der Waals surface area contributed by atoms with Crippen LogP contribution >= 0.6 is 0 Å². The van der Waals surface area contributed by atoms with E-state index in [-0.39, 0.29) is 12.0 Å². The molecule has 146 valence electrons. The van der Waals surface area contributed by atoms with Crippen molar-refractivity contribution < 1.29 is 17.4 Å². The van der Waals surface area contributed by atoms with E-state index in [1.165, 1.54) is 0 Å². The quantitative estimate of drug-likeness (QED) is 0.793. The van der Waals surface area contributed by atoms with Gasteiger partial charge in [0.25, 0.3) is 16.0 Å². The molecular formula is C18H24N4O4S. The van der Waals surface area contributed by atoms with Crippen molar-refractivity contribution in [3.8, 4) is 0 Å². The average molecular weight is 392 g/mol. The fourth-order valence-corrected chi connectivity index (χ4v) is 4.65. The fourth-order valence-electron chi connectivity index (χ4n) is 3.96. The number of rotatable bonds is 4. The van der Waals surface area contributed by atoms with E-state index in [1.807, 2.05) is 24.0 Å². The minimum Gasteiger partial charge on any atom is -0.356 e. The number of nitrogens with one attached hydrogen (secondary N) is 1. The number of aromatic amines is 1. The number of nitrogens with zero attached hydrogens (tertiary/aromatic N) is 3. The number of piperidine rings is 1. The molecule has 9 heteroatoms. The lowest BCUT2D eigenvalue weighted by molar-refractivity contribution is 0.0750. The Kier molecular flexibility index (Phi) is 4.59. The second kappa shape index (κ2) is 6.79. The predicted molar refractivity (Wildman–Crippen MR) is 103 cm³/mol. The Morgan fingerprint density at radius 2 is 2.00 bits per heavy atom. The summed E-state index contributed by atoms with van der Waals surface area (Å²) in [5.74, 6) is 0.900. The molecule has 0 saturated carbocycles. The van der Waals surface area contributed by atoms with Crippen molar-refractivity contribution >= 4 is 32.9 Å². The number of aromatic nitrogens is 2. The number of amides is 1. The molecule has 4 rings (SSSR count). The van der Waals surface area contributed by atoms with Crippen LogP contribution in [-0.4, -0.2) is 67.7 Å². The first-order chi connectivity index (χ1) is 12.9. The second-order valence-electron chi connectivity index (χ2n) is 7.17. The fraction of sp³-hybridized carbons (Fsp3) is 0.556. The zero-order valence-electron chi connectivity index (χ0n) is 15.6. The Bertz CT molecular complexity index is 977. The molecular weight excluding hydrogens is 368 g/mol. The van der Waals surface area contributed by atoms with Crippen LogP contribution in [0.2, 0.25) is 0 Å². The number of hydrogen-bond acceptors (Lipinski definition) is 6. The van der Waals surface area contributed by atoms with Crippen molar-refractivity contribution in [1.82, 2.24) is 14.9 Å². The van der Waals surface area contributed by atoms with Crippen LogP contribution in [0.3, 0.4) is 0 Å². The predicted octanol–water partition coefficient (Wildman–Crippen LogP) is 1.53. The van der Waals surface area contributed by atoms with Crippen LogP contribution in [0.15, 0.2) is 12.1 Å². The number of anilines is 1. The van der Waals surface area contributed by atoms with Crippen molar-refractivity contribution in [2.24, 2.45) is 0 Å². The number of pyridine rings is 1. The molecule has 0 spiro atoms. The highest BCUT2D eigenvalue weighted by Gasteiger charge is 2.29. The van der Waals surface area contributed by atoms with Crippen LogP contribution in [0.4, 0.5) is 5.82 Å². The summed E-state index contributed by atoms with van der Waals surface area (Å²) in [5, 5.41) is 0.868. The van der Waals surface area contributed by atoms with Gasteiger partial charge in [0.05, 0.1) is 17.9 Å². The maximum atomic E-state index is 12.7. The van der Waals surface area contributed by atoms with E-state index in [0.29, 0.717) is 32.5 Å². The number of likely N-dealkylation sites (N-methyl/N-ethyl adjacent to an activating group) is 1. The topological polar surface area (TPSA) is 95.6 Å². The third kappa shape index (κ3) is 3.53. The molecule has 4 heterocycles. The minimum atomic E-state index is -3.42. The van der Waals surface area contributed by atoms with Gasteiger partial charge in [0.2, 0.25) is 0 Å². The van der Waals surface area contributed by atoms with Crippen LogP contribution in [0, 0.1) is 0 Å². The van der Waals surface area contributed by atoms with Crippen LogP contribution in [0.1, 0.15) is 35.8 Å². The van der Waals surface area contributed by atoms with Crippen molar-refractivity contribution in [1.29, 1.82) is 0 Å². The summed E-state index contributed by atoms with van der Waals surface area (Å²) < 4.78 is 27.7. The van der Waals surface area contributed by atoms with Gasteiger partial charge in [-0.3, -0.25) is 8.98 Å². The van der Waals surface area contributed by atoms with Gasteiger partial charge in [-0.2, -0.15) is 8.42 Å². The first-order valence-corrected chi connectivity index (χ1v) is 11.1. The Labute approximate surface area is 158 Å². The van der Waals surface area contributed by atoms with Gasteiger partial charge in [-0.15, -0.1) is 0 Å². The second-order valence-corrected chi connectivity index (χ2v) is 8.77. The third-order valence-corrected chi connectivity index (χ3v) is 5.93. The van der Waals surface area contributed by atoms with E-state index >= 15 is 0 Å². The van der Waals surface area contributed by atoms with E-state index in [1.54, 1.807) is 0 Å². The van der Waals surface area contributed by atoms with Crippen molar-refractivity contribution in [3.05, 3.63) is 23.4 Å². The largest absolute Gasteiger partial charge is 0.356 e. The molecule has 0 atom stereocenters. The molecule has 2 aromatic rings. The number of hydrogen-bond donors (Lipinski definition) is 1. The molecule has 1 amide bonds. The van der Waals surface area contributed by atoms with Crippen molar-refractivity contribution in [2.75, 3.05) is 37.3 Å². The summed E-state index contributed by atoms with van der Waals surface area (Å²) >= 11 is 0. The van der Waals surface area contributed by atoms with E-state index in [2.05, 4.69) is 9.88 Å². The van der Waals surface area contributed by atoms with E-state index < -0.39 is 10.1 Å². The van der Waals surface area contributed by atoms with Gasteiger partial charge in [-0.05, 0) is 31.9 Å². The summed E-state index contributed by atoms with van der Waals surface area (Å²) in [7, 11) is -3.42. The lowest BCUT2D eigenvalue weighted by atomic mass is 10.0. The monoisotopic (exact) mass is 392 g/mol. The number of H-pyrrole nitrogens is 1. The molecule has 0 bridgehead atoms. The highest BCUT2D eigenvalue weighted by atomic mass is 32.2. The minimum absolute atomic E-state index is 0.0679. The molecule has 27 heavy (non-hydrogen) atoms. The molecule has 0 radical (unpaired) electrons. The van der Waals surface area contributed by atoms with Crippen LogP contribution in [0.5, 0.6) is 0 Å². The number of carbonyl (C=O) groups excluding carboxylic acids is 1. The van der Waals surface area contributed by atoms with Crippen LogP contribution in [0.25, 0.3) is 11.0 Å². The molecule has 2 aromatic heterocycles. The normalized spacial score (nSPS) is 19.0. The van der Waals surface area contributed by atoms with Gasteiger partial charge < -0.3 is 14.8 Å². The standard InChI is InChI=1S/C18H24N4O4S/c1-3-21-11-8-14-16(18(21)23)13-4-5-15(20-17(13)19-14)22-9-6-12(7-10-22)26-27(2,24)25/h4-5,12H,3,6-11H2,1-2H3,(H,19,20). The Balaban J connectivity index is 1.55. The molecule has 2 aliphatic heterocycles. The third-order valence-electron chi connectivity index (χ3n) is 5.31.